The molecule has 27 heavy (non-hydrogen) atoms. The first-order valence-electron chi connectivity index (χ1n) is 8.25. The van der Waals surface area contributed by atoms with Crippen LogP contribution in [-0.2, 0) is 26.1 Å². The molecule has 2 aromatic rings. The number of hydrogen-bond acceptors (Lipinski definition) is 5. The summed E-state index contributed by atoms with van der Waals surface area (Å²) in [5.41, 5.74) is 0.136. The Morgan fingerprint density at radius 2 is 2.15 bits per heavy atom. The number of benzene rings is 1. The number of methoxy groups -OCH3 is 1. The van der Waals surface area contributed by atoms with Gasteiger partial charge in [-0.3, -0.25) is 4.79 Å². The van der Waals surface area contributed by atoms with Crippen molar-refractivity contribution in [3.05, 3.63) is 28.6 Å². The van der Waals surface area contributed by atoms with Crippen LogP contribution in [0.15, 0.2) is 17.1 Å². The lowest BCUT2D eigenvalue weighted by Crippen LogP contribution is -2.40. The van der Waals surface area contributed by atoms with Crippen LogP contribution in [0.5, 0.6) is 0 Å². The molecular formula is C16H19F2N3O4S2. The van der Waals surface area contributed by atoms with Gasteiger partial charge in [0.15, 0.2) is 10.6 Å². The van der Waals surface area contributed by atoms with E-state index in [4.69, 9.17) is 4.74 Å². The number of ether oxygens (including phenoxy) is 1. The lowest BCUT2D eigenvalue weighted by molar-refractivity contribution is -0.121. The lowest BCUT2D eigenvalue weighted by Gasteiger charge is -2.18. The maximum Gasteiger partial charge on any atom is 0.266 e. The maximum absolute atomic E-state index is 14.3. The monoisotopic (exact) mass is 419 g/mol. The molecular weight excluding hydrogens is 400 g/mol. The summed E-state index contributed by atoms with van der Waals surface area (Å²) in [4.78, 5) is 16.9. The van der Waals surface area contributed by atoms with E-state index >= 15 is 0 Å². The molecule has 0 bridgehead atoms. The fourth-order valence-corrected chi connectivity index (χ4v) is 5.38. The summed E-state index contributed by atoms with van der Waals surface area (Å²) in [6, 6.07) is 1.07. The Kier molecular flexibility index (Phi) is 5.75. The van der Waals surface area contributed by atoms with E-state index < -0.39 is 33.6 Å². The topological polar surface area (TPSA) is 81.0 Å². The zero-order valence-electron chi connectivity index (χ0n) is 14.8. The number of hydrogen-bond donors (Lipinski definition) is 0. The molecule has 7 nitrogen and oxygen atoms in total. The molecule has 1 saturated heterocycles. The number of halogens is 2. The van der Waals surface area contributed by atoms with Crippen LogP contribution in [0, 0.1) is 11.6 Å². The van der Waals surface area contributed by atoms with Crippen molar-refractivity contribution in [3.8, 4) is 0 Å². The number of aromatic nitrogens is 1. The van der Waals surface area contributed by atoms with E-state index in [9.17, 15) is 22.0 Å². The summed E-state index contributed by atoms with van der Waals surface area (Å²) in [7, 11) is -2.05. The summed E-state index contributed by atoms with van der Waals surface area (Å²) < 4.78 is 59.5. The second-order valence-corrected chi connectivity index (χ2v) is 9.19. The van der Waals surface area contributed by atoms with Gasteiger partial charge in [-0.05, 0) is 18.9 Å². The number of carbonyl (C=O) groups is 1. The SMILES string of the molecule is COCCn1c(=NC(=O)C2CCCN2S(C)(=O)=O)sc2cc(F)cc(F)c21. The Morgan fingerprint density at radius 1 is 1.41 bits per heavy atom. The van der Waals surface area contributed by atoms with Crippen LogP contribution in [0.1, 0.15) is 12.8 Å². The molecule has 1 aliphatic heterocycles. The number of nitrogens with zero attached hydrogens (tertiary/aromatic N) is 3. The minimum Gasteiger partial charge on any atom is -0.383 e. The van der Waals surface area contributed by atoms with Crippen molar-refractivity contribution in [2.75, 3.05) is 26.5 Å². The third kappa shape index (κ3) is 4.10. The first-order valence-corrected chi connectivity index (χ1v) is 10.9. The second kappa shape index (κ2) is 7.74. The third-order valence-electron chi connectivity index (χ3n) is 4.33. The Labute approximate surface area is 158 Å². The molecule has 148 valence electrons. The molecule has 0 saturated carbocycles. The molecule has 1 atom stereocenters. The van der Waals surface area contributed by atoms with Gasteiger partial charge in [-0.25, -0.2) is 17.2 Å². The fraction of sp³-hybridized carbons (Fsp3) is 0.500. The van der Waals surface area contributed by atoms with Crippen LogP contribution in [-0.4, -0.2) is 55.8 Å². The van der Waals surface area contributed by atoms with E-state index in [2.05, 4.69) is 4.99 Å². The van der Waals surface area contributed by atoms with Crippen LogP contribution >= 0.6 is 11.3 Å². The van der Waals surface area contributed by atoms with Gasteiger partial charge in [0.05, 0.1) is 23.1 Å². The highest BCUT2D eigenvalue weighted by Gasteiger charge is 2.36. The fourth-order valence-electron chi connectivity index (χ4n) is 3.16. The zero-order valence-corrected chi connectivity index (χ0v) is 16.4. The Balaban J connectivity index is 2.09. The second-order valence-electron chi connectivity index (χ2n) is 6.25. The zero-order chi connectivity index (χ0) is 19.8. The highest BCUT2D eigenvalue weighted by Crippen LogP contribution is 2.24. The summed E-state index contributed by atoms with van der Waals surface area (Å²) >= 11 is 0.970. The smallest absolute Gasteiger partial charge is 0.266 e. The predicted molar refractivity (Wildman–Crippen MR) is 96.7 cm³/mol. The van der Waals surface area contributed by atoms with Gasteiger partial charge in [0.2, 0.25) is 10.0 Å². The van der Waals surface area contributed by atoms with E-state index in [-0.39, 0.29) is 30.0 Å². The summed E-state index contributed by atoms with van der Waals surface area (Å²) in [5.74, 6) is -2.10. The first kappa shape index (κ1) is 20.1. The van der Waals surface area contributed by atoms with Gasteiger partial charge in [0.1, 0.15) is 11.9 Å². The van der Waals surface area contributed by atoms with Crippen molar-refractivity contribution in [1.82, 2.24) is 8.87 Å². The minimum atomic E-state index is -3.53. The van der Waals surface area contributed by atoms with Crippen molar-refractivity contribution in [3.63, 3.8) is 0 Å². The average Bonchev–Trinajstić information content (AvgIpc) is 3.17. The number of fused-ring (bicyclic) bond motifs is 1. The van der Waals surface area contributed by atoms with Gasteiger partial charge in [0, 0.05) is 26.3 Å². The van der Waals surface area contributed by atoms with Gasteiger partial charge < -0.3 is 9.30 Å². The molecule has 0 radical (unpaired) electrons. The highest BCUT2D eigenvalue weighted by molar-refractivity contribution is 7.88. The van der Waals surface area contributed by atoms with Crippen LogP contribution < -0.4 is 4.80 Å². The van der Waals surface area contributed by atoms with Crippen molar-refractivity contribution in [1.29, 1.82) is 0 Å². The number of amides is 1. The van der Waals surface area contributed by atoms with Gasteiger partial charge in [-0.15, -0.1) is 0 Å². The average molecular weight is 419 g/mol. The first-order chi connectivity index (χ1) is 12.7. The van der Waals surface area contributed by atoms with Crippen LogP contribution in [0.4, 0.5) is 8.78 Å². The number of sulfonamides is 1. The van der Waals surface area contributed by atoms with Gasteiger partial charge in [-0.1, -0.05) is 11.3 Å². The van der Waals surface area contributed by atoms with Crippen molar-refractivity contribution >= 4 is 37.5 Å². The number of carbonyl (C=O) groups excluding carboxylic acids is 1. The van der Waals surface area contributed by atoms with Gasteiger partial charge in [-0.2, -0.15) is 9.30 Å². The van der Waals surface area contributed by atoms with Gasteiger partial charge >= 0.3 is 0 Å². The molecule has 1 aliphatic rings. The third-order valence-corrected chi connectivity index (χ3v) is 6.65. The maximum atomic E-state index is 14.3. The molecule has 1 aromatic carbocycles. The van der Waals surface area contributed by atoms with Crippen molar-refractivity contribution < 1.29 is 26.7 Å². The van der Waals surface area contributed by atoms with E-state index in [1.165, 1.54) is 17.7 Å². The molecule has 1 unspecified atom stereocenters. The number of thiazole rings is 1. The van der Waals surface area contributed by atoms with E-state index in [1.54, 1.807) is 0 Å². The molecule has 11 heteroatoms. The molecule has 0 spiro atoms. The largest absolute Gasteiger partial charge is 0.383 e. The Bertz CT molecular complexity index is 1050. The standard InChI is InChI=1S/C16H19F2N3O4S2/c1-25-7-6-20-14-11(18)8-10(17)9-13(14)26-16(20)19-15(22)12-4-3-5-21(12)27(2,23)24/h8-9,12H,3-7H2,1-2H3. The molecule has 1 amide bonds. The Hall–Kier alpha value is -1.69. The quantitative estimate of drug-likeness (QED) is 0.735. The summed E-state index contributed by atoms with van der Waals surface area (Å²) in [5, 5.41) is 0. The van der Waals surface area contributed by atoms with Crippen LogP contribution in [0.3, 0.4) is 0 Å². The molecule has 3 rings (SSSR count). The molecule has 0 aliphatic carbocycles. The Morgan fingerprint density at radius 3 is 2.81 bits per heavy atom. The lowest BCUT2D eigenvalue weighted by atomic mass is 10.2. The van der Waals surface area contributed by atoms with E-state index in [0.717, 1.165) is 28.0 Å². The van der Waals surface area contributed by atoms with Crippen molar-refractivity contribution in [2.45, 2.75) is 25.4 Å². The molecule has 0 N–H and O–H groups in total. The molecule has 1 aromatic heterocycles. The number of rotatable bonds is 5. The predicted octanol–water partition coefficient (Wildman–Crippen LogP) is 1.48. The normalized spacial score (nSPS) is 19.3. The minimum absolute atomic E-state index is 0.136. The van der Waals surface area contributed by atoms with Crippen LogP contribution in [0.25, 0.3) is 10.2 Å². The van der Waals surface area contributed by atoms with Gasteiger partial charge in [0.25, 0.3) is 5.91 Å². The van der Waals surface area contributed by atoms with Crippen LogP contribution in [0.2, 0.25) is 0 Å². The molecule has 1 fully saturated rings. The highest BCUT2D eigenvalue weighted by atomic mass is 32.2. The summed E-state index contributed by atoms with van der Waals surface area (Å²) in [6.07, 6.45) is 1.99. The molecule has 2 heterocycles. The van der Waals surface area contributed by atoms with E-state index in [0.29, 0.717) is 17.5 Å². The van der Waals surface area contributed by atoms with Crippen molar-refractivity contribution in [2.24, 2.45) is 4.99 Å². The summed E-state index contributed by atoms with van der Waals surface area (Å²) in [6.45, 7) is 0.717. The van der Waals surface area contributed by atoms with E-state index in [1.807, 2.05) is 0 Å².